The van der Waals surface area contributed by atoms with Crippen molar-refractivity contribution < 1.29 is 0 Å². The predicted molar refractivity (Wildman–Crippen MR) is 66.8 cm³/mol. The highest BCUT2D eigenvalue weighted by molar-refractivity contribution is 14.1. The molecular formula is C10H11IN4. The summed E-state index contributed by atoms with van der Waals surface area (Å²) >= 11 is 2.27. The Hall–Kier alpha value is -0.950. The number of nitrogens with zero attached hydrogens (tertiary/aromatic N) is 3. The maximum absolute atomic E-state index is 5.52. The molecule has 2 aromatic rings. The highest BCUT2D eigenvalue weighted by Crippen LogP contribution is 2.12. The minimum absolute atomic E-state index is 0.609. The Morgan fingerprint density at radius 2 is 2.00 bits per heavy atom. The largest absolute Gasteiger partial charge is 0.330 e. The molecule has 0 radical (unpaired) electrons. The summed E-state index contributed by atoms with van der Waals surface area (Å²) in [4.78, 5) is 0. The minimum atomic E-state index is 0.609. The van der Waals surface area contributed by atoms with Crippen LogP contribution in [0.4, 0.5) is 0 Å². The second kappa shape index (κ2) is 4.71. The molecule has 1 heterocycles. The Balaban J connectivity index is 2.36. The van der Waals surface area contributed by atoms with Crippen molar-refractivity contribution >= 4 is 22.6 Å². The van der Waals surface area contributed by atoms with Gasteiger partial charge in [-0.05, 0) is 53.4 Å². The van der Waals surface area contributed by atoms with E-state index in [4.69, 9.17) is 5.73 Å². The second-order valence-electron chi connectivity index (χ2n) is 3.15. The van der Waals surface area contributed by atoms with Gasteiger partial charge < -0.3 is 5.73 Å². The molecule has 1 aromatic carbocycles. The van der Waals surface area contributed by atoms with Crippen LogP contribution in [0, 0.1) is 3.57 Å². The van der Waals surface area contributed by atoms with Gasteiger partial charge in [0, 0.05) is 9.99 Å². The number of hydrogen-bond donors (Lipinski definition) is 1. The average molecular weight is 314 g/mol. The first kappa shape index (κ1) is 10.6. The first-order chi connectivity index (χ1) is 7.31. The summed E-state index contributed by atoms with van der Waals surface area (Å²) in [6.07, 6.45) is 2.55. The lowest BCUT2D eigenvalue weighted by atomic mass is 10.3. The molecule has 15 heavy (non-hydrogen) atoms. The highest BCUT2D eigenvalue weighted by atomic mass is 127. The molecule has 0 aliphatic heterocycles. The lowest BCUT2D eigenvalue weighted by molar-refractivity contribution is 0.755. The van der Waals surface area contributed by atoms with Crippen LogP contribution in [0.2, 0.25) is 0 Å². The number of hydrogen-bond acceptors (Lipinski definition) is 3. The quantitative estimate of drug-likeness (QED) is 0.871. The van der Waals surface area contributed by atoms with Gasteiger partial charge in [0.25, 0.3) is 0 Å². The van der Waals surface area contributed by atoms with Gasteiger partial charge in [0.15, 0.2) is 0 Å². The van der Waals surface area contributed by atoms with Crippen molar-refractivity contribution in [2.75, 3.05) is 6.54 Å². The zero-order chi connectivity index (χ0) is 10.7. The molecule has 1 aromatic heterocycles. The summed E-state index contributed by atoms with van der Waals surface area (Å²) in [5.74, 6) is 0. The van der Waals surface area contributed by atoms with Gasteiger partial charge in [0.05, 0.1) is 17.6 Å². The van der Waals surface area contributed by atoms with Crippen molar-refractivity contribution in [3.8, 4) is 5.69 Å². The van der Waals surface area contributed by atoms with Gasteiger partial charge in [-0.3, -0.25) is 0 Å². The first-order valence-electron chi connectivity index (χ1n) is 4.67. The van der Waals surface area contributed by atoms with Gasteiger partial charge >= 0.3 is 0 Å². The van der Waals surface area contributed by atoms with Crippen LogP contribution < -0.4 is 5.73 Å². The van der Waals surface area contributed by atoms with E-state index in [2.05, 4.69) is 32.9 Å². The van der Waals surface area contributed by atoms with Crippen LogP contribution in [-0.4, -0.2) is 21.5 Å². The summed E-state index contributed by atoms with van der Waals surface area (Å²) in [6, 6.07) is 8.14. The fourth-order valence-electron chi connectivity index (χ4n) is 1.37. The Labute approximate surface area is 102 Å². The van der Waals surface area contributed by atoms with Crippen LogP contribution in [0.5, 0.6) is 0 Å². The Morgan fingerprint density at radius 1 is 1.27 bits per heavy atom. The van der Waals surface area contributed by atoms with Crippen molar-refractivity contribution in [2.24, 2.45) is 5.73 Å². The number of nitrogens with two attached hydrogens (primary N) is 1. The highest BCUT2D eigenvalue weighted by Gasteiger charge is 2.04. The number of rotatable bonds is 3. The maximum Gasteiger partial charge on any atom is 0.0730 e. The van der Waals surface area contributed by atoms with Gasteiger partial charge in [0.2, 0.25) is 0 Å². The second-order valence-corrected chi connectivity index (χ2v) is 4.40. The van der Waals surface area contributed by atoms with E-state index in [1.54, 1.807) is 6.20 Å². The summed E-state index contributed by atoms with van der Waals surface area (Å²) < 4.78 is 3.03. The van der Waals surface area contributed by atoms with Crippen LogP contribution in [0.3, 0.4) is 0 Å². The number of benzene rings is 1. The third-order valence-electron chi connectivity index (χ3n) is 2.09. The van der Waals surface area contributed by atoms with E-state index in [0.717, 1.165) is 17.8 Å². The summed E-state index contributed by atoms with van der Waals surface area (Å²) in [6.45, 7) is 0.609. The molecule has 0 unspecified atom stereocenters. The molecule has 0 fully saturated rings. The Bertz CT molecular complexity index is 435. The van der Waals surface area contributed by atoms with Crippen LogP contribution >= 0.6 is 22.6 Å². The number of aromatic nitrogens is 3. The topological polar surface area (TPSA) is 56.7 Å². The standard InChI is InChI=1S/C10H11IN4/c11-8-1-3-9(4-2-8)15-10(5-6-12)7-13-14-15/h1-4,7H,5-6,12H2. The van der Waals surface area contributed by atoms with E-state index in [0.29, 0.717) is 6.54 Å². The van der Waals surface area contributed by atoms with Crippen molar-refractivity contribution in [2.45, 2.75) is 6.42 Å². The number of halogens is 1. The van der Waals surface area contributed by atoms with E-state index < -0.39 is 0 Å². The predicted octanol–water partition coefficient (Wildman–Crippen LogP) is 1.37. The van der Waals surface area contributed by atoms with E-state index in [-0.39, 0.29) is 0 Å². The third kappa shape index (κ3) is 2.35. The molecule has 0 bridgehead atoms. The zero-order valence-corrected chi connectivity index (χ0v) is 10.3. The van der Waals surface area contributed by atoms with Gasteiger partial charge in [-0.25, -0.2) is 4.68 Å². The molecule has 0 spiro atoms. The van der Waals surface area contributed by atoms with Gasteiger partial charge in [0.1, 0.15) is 0 Å². The summed E-state index contributed by atoms with van der Waals surface area (Å²) in [5.41, 5.74) is 7.59. The van der Waals surface area contributed by atoms with E-state index in [1.165, 1.54) is 3.57 Å². The van der Waals surface area contributed by atoms with Crippen molar-refractivity contribution in [3.05, 3.63) is 39.7 Å². The Kier molecular flexibility index (Phi) is 3.32. The van der Waals surface area contributed by atoms with Crippen molar-refractivity contribution in [1.29, 1.82) is 0 Å². The van der Waals surface area contributed by atoms with Crippen LogP contribution in [-0.2, 0) is 6.42 Å². The van der Waals surface area contributed by atoms with E-state index in [9.17, 15) is 0 Å². The average Bonchev–Trinajstić information content (AvgIpc) is 2.68. The molecule has 2 N–H and O–H groups in total. The molecule has 5 heteroatoms. The molecule has 0 aliphatic rings. The fraction of sp³-hybridized carbons (Fsp3) is 0.200. The molecule has 2 rings (SSSR count). The smallest absolute Gasteiger partial charge is 0.0730 e. The van der Waals surface area contributed by atoms with Gasteiger partial charge in [-0.15, -0.1) is 5.10 Å². The van der Waals surface area contributed by atoms with Gasteiger partial charge in [-0.2, -0.15) is 0 Å². The SMILES string of the molecule is NCCc1cnnn1-c1ccc(I)cc1. The van der Waals surface area contributed by atoms with Crippen LogP contribution in [0.15, 0.2) is 30.5 Å². The zero-order valence-electron chi connectivity index (χ0n) is 8.10. The molecule has 78 valence electrons. The molecule has 0 aliphatic carbocycles. The third-order valence-corrected chi connectivity index (χ3v) is 2.81. The molecule has 4 nitrogen and oxygen atoms in total. The van der Waals surface area contributed by atoms with E-state index in [1.807, 2.05) is 28.9 Å². The summed E-state index contributed by atoms with van der Waals surface area (Å²) in [5, 5.41) is 7.94. The molecule has 0 atom stereocenters. The van der Waals surface area contributed by atoms with Crippen LogP contribution in [0.25, 0.3) is 5.69 Å². The molecular weight excluding hydrogens is 303 g/mol. The van der Waals surface area contributed by atoms with Crippen molar-refractivity contribution in [1.82, 2.24) is 15.0 Å². The van der Waals surface area contributed by atoms with Crippen molar-refractivity contribution in [3.63, 3.8) is 0 Å². The monoisotopic (exact) mass is 314 g/mol. The van der Waals surface area contributed by atoms with Crippen LogP contribution in [0.1, 0.15) is 5.69 Å². The molecule has 0 saturated carbocycles. The fourth-order valence-corrected chi connectivity index (χ4v) is 1.73. The maximum atomic E-state index is 5.52. The lowest BCUT2D eigenvalue weighted by Crippen LogP contribution is -2.08. The first-order valence-corrected chi connectivity index (χ1v) is 5.74. The van der Waals surface area contributed by atoms with Gasteiger partial charge in [-0.1, -0.05) is 5.21 Å². The summed E-state index contributed by atoms with van der Waals surface area (Å²) in [7, 11) is 0. The molecule has 0 amide bonds. The lowest BCUT2D eigenvalue weighted by Gasteiger charge is -2.04. The van der Waals surface area contributed by atoms with E-state index >= 15 is 0 Å². The Morgan fingerprint density at radius 3 is 2.67 bits per heavy atom. The minimum Gasteiger partial charge on any atom is -0.330 e. The normalized spacial score (nSPS) is 10.5. The molecule has 0 saturated heterocycles.